The highest BCUT2D eigenvalue weighted by atomic mass is 16.5. The summed E-state index contributed by atoms with van der Waals surface area (Å²) in [7, 11) is 1.30. The van der Waals surface area contributed by atoms with Crippen LogP contribution >= 0.6 is 0 Å². The van der Waals surface area contributed by atoms with Crippen molar-refractivity contribution in [2.45, 2.75) is 32.4 Å². The Labute approximate surface area is 119 Å². The number of esters is 1. The molecule has 1 amide bonds. The lowest BCUT2D eigenvalue weighted by molar-refractivity contribution is -0.145. The van der Waals surface area contributed by atoms with Crippen molar-refractivity contribution in [1.29, 1.82) is 0 Å². The number of hydrogen-bond acceptors (Lipinski definition) is 4. The van der Waals surface area contributed by atoms with Gasteiger partial charge in [0.25, 0.3) is 0 Å². The number of ether oxygens (including phenoxy) is 2. The third-order valence-electron chi connectivity index (χ3n) is 2.65. The molecule has 0 heterocycles. The molecule has 0 fully saturated rings. The summed E-state index contributed by atoms with van der Waals surface area (Å²) in [5, 5.41) is 2.63. The number of methoxy groups -OCH3 is 1. The van der Waals surface area contributed by atoms with Crippen LogP contribution in [-0.4, -0.2) is 37.7 Å². The Morgan fingerprint density at radius 1 is 1.20 bits per heavy atom. The molecule has 0 saturated heterocycles. The molecule has 20 heavy (non-hydrogen) atoms. The maximum atomic E-state index is 11.7. The van der Waals surface area contributed by atoms with E-state index in [1.807, 2.05) is 44.2 Å². The van der Waals surface area contributed by atoms with Crippen LogP contribution in [0.1, 0.15) is 19.4 Å². The first-order valence-electron chi connectivity index (χ1n) is 6.55. The Morgan fingerprint density at radius 3 is 2.40 bits per heavy atom. The molecule has 0 aliphatic carbocycles. The number of carbonyl (C=O) groups is 2. The predicted molar refractivity (Wildman–Crippen MR) is 75.2 cm³/mol. The van der Waals surface area contributed by atoms with Crippen molar-refractivity contribution >= 4 is 11.9 Å². The lowest BCUT2D eigenvalue weighted by Gasteiger charge is -2.17. The van der Waals surface area contributed by atoms with Gasteiger partial charge in [0.05, 0.1) is 13.2 Å². The fourth-order valence-electron chi connectivity index (χ4n) is 1.66. The molecule has 0 unspecified atom stereocenters. The van der Waals surface area contributed by atoms with E-state index in [0.29, 0.717) is 6.42 Å². The zero-order valence-electron chi connectivity index (χ0n) is 12.1. The highest BCUT2D eigenvalue weighted by Gasteiger charge is 2.21. The molecule has 1 N–H and O–H groups in total. The third-order valence-corrected chi connectivity index (χ3v) is 2.65. The van der Waals surface area contributed by atoms with E-state index in [9.17, 15) is 9.59 Å². The van der Waals surface area contributed by atoms with Crippen molar-refractivity contribution in [3.05, 3.63) is 35.9 Å². The predicted octanol–water partition coefficient (Wildman–Crippen LogP) is 1.31. The van der Waals surface area contributed by atoms with Gasteiger partial charge in [-0.2, -0.15) is 0 Å². The van der Waals surface area contributed by atoms with Crippen molar-refractivity contribution < 1.29 is 19.1 Å². The maximum absolute atomic E-state index is 11.7. The molecule has 5 nitrogen and oxygen atoms in total. The molecule has 0 bridgehead atoms. The highest BCUT2D eigenvalue weighted by molar-refractivity contribution is 5.85. The summed E-state index contributed by atoms with van der Waals surface area (Å²) in [4.78, 5) is 23.4. The fourth-order valence-corrected chi connectivity index (χ4v) is 1.66. The molecule has 1 atom stereocenters. The molecule has 0 spiro atoms. The van der Waals surface area contributed by atoms with Crippen molar-refractivity contribution in [1.82, 2.24) is 5.32 Å². The Kier molecular flexibility index (Phi) is 6.73. The zero-order valence-corrected chi connectivity index (χ0v) is 12.1. The monoisotopic (exact) mass is 279 g/mol. The van der Waals surface area contributed by atoms with Gasteiger partial charge >= 0.3 is 5.97 Å². The molecule has 5 heteroatoms. The summed E-state index contributed by atoms with van der Waals surface area (Å²) in [6, 6.07) is 8.75. The average Bonchev–Trinajstić information content (AvgIpc) is 2.44. The number of amides is 1. The van der Waals surface area contributed by atoms with Crippen LogP contribution in [0.15, 0.2) is 30.3 Å². The molecule has 0 aliphatic rings. The quantitative estimate of drug-likeness (QED) is 0.764. The number of benzene rings is 1. The van der Waals surface area contributed by atoms with Gasteiger partial charge in [-0.25, -0.2) is 4.79 Å². The van der Waals surface area contributed by atoms with Crippen LogP contribution in [0.2, 0.25) is 0 Å². The van der Waals surface area contributed by atoms with Gasteiger partial charge in [-0.1, -0.05) is 30.3 Å². The van der Waals surface area contributed by atoms with E-state index in [4.69, 9.17) is 9.47 Å². The van der Waals surface area contributed by atoms with Gasteiger partial charge in [0.1, 0.15) is 12.6 Å². The number of rotatable bonds is 7. The Morgan fingerprint density at radius 2 is 1.85 bits per heavy atom. The SMILES string of the molecule is COC(=O)[C@H](Cc1ccccc1)NC(=O)COC(C)C. The lowest BCUT2D eigenvalue weighted by atomic mass is 10.1. The minimum Gasteiger partial charge on any atom is -0.467 e. The van der Waals surface area contributed by atoms with Crippen LogP contribution in [0.5, 0.6) is 0 Å². The number of nitrogens with one attached hydrogen (secondary N) is 1. The van der Waals surface area contributed by atoms with Crippen molar-refractivity contribution in [3.8, 4) is 0 Å². The van der Waals surface area contributed by atoms with Crippen LogP contribution in [0.3, 0.4) is 0 Å². The second-order valence-electron chi connectivity index (χ2n) is 4.69. The molecule has 1 rings (SSSR count). The molecule has 1 aromatic carbocycles. The van der Waals surface area contributed by atoms with Gasteiger partial charge in [-0.15, -0.1) is 0 Å². The van der Waals surface area contributed by atoms with E-state index in [1.54, 1.807) is 0 Å². The van der Waals surface area contributed by atoms with Crippen LogP contribution in [0.25, 0.3) is 0 Å². The van der Waals surface area contributed by atoms with Gasteiger partial charge in [-0.05, 0) is 19.4 Å². The van der Waals surface area contributed by atoms with Crippen molar-refractivity contribution in [3.63, 3.8) is 0 Å². The molecule has 110 valence electrons. The molecule has 1 aromatic rings. The Balaban J connectivity index is 2.61. The minimum absolute atomic E-state index is 0.0357. The topological polar surface area (TPSA) is 64.6 Å². The first kappa shape index (κ1) is 16.2. The van der Waals surface area contributed by atoms with E-state index < -0.39 is 12.0 Å². The van der Waals surface area contributed by atoms with Crippen molar-refractivity contribution in [2.75, 3.05) is 13.7 Å². The standard InChI is InChI=1S/C15H21NO4/c1-11(2)20-10-14(17)16-13(15(18)19-3)9-12-7-5-4-6-8-12/h4-8,11,13H,9-10H2,1-3H3,(H,16,17)/t13-/m0/s1. The lowest BCUT2D eigenvalue weighted by Crippen LogP contribution is -2.44. The number of hydrogen-bond donors (Lipinski definition) is 1. The molecular weight excluding hydrogens is 258 g/mol. The van der Waals surface area contributed by atoms with Gasteiger partial charge in [0.15, 0.2) is 0 Å². The summed E-state index contributed by atoms with van der Waals surface area (Å²) < 4.78 is 9.92. The van der Waals surface area contributed by atoms with Gasteiger partial charge < -0.3 is 14.8 Å². The van der Waals surface area contributed by atoms with E-state index in [-0.39, 0.29) is 18.6 Å². The van der Waals surface area contributed by atoms with E-state index >= 15 is 0 Å². The second kappa shape index (κ2) is 8.32. The van der Waals surface area contributed by atoms with Gasteiger partial charge in [-0.3, -0.25) is 4.79 Å². The number of carbonyl (C=O) groups excluding carboxylic acids is 2. The zero-order chi connectivity index (χ0) is 15.0. The second-order valence-corrected chi connectivity index (χ2v) is 4.69. The van der Waals surface area contributed by atoms with E-state index in [1.165, 1.54) is 7.11 Å². The van der Waals surface area contributed by atoms with Crippen molar-refractivity contribution in [2.24, 2.45) is 0 Å². The maximum Gasteiger partial charge on any atom is 0.328 e. The Bertz CT molecular complexity index is 431. The molecule has 0 radical (unpaired) electrons. The fraction of sp³-hybridized carbons (Fsp3) is 0.467. The van der Waals surface area contributed by atoms with Crippen LogP contribution in [0.4, 0.5) is 0 Å². The van der Waals surface area contributed by atoms with Crippen LogP contribution in [-0.2, 0) is 25.5 Å². The van der Waals surface area contributed by atoms with Crippen LogP contribution < -0.4 is 5.32 Å². The summed E-state index contributed by atoms with van der Waals surface area (Å²) in [6.45, 7) is 3.62. The summed E-state index contributed by atoms with van der Waals surface area (Å²) in [6.07, 6.45) is 0.354. The van der Waals surface area contributed by atoms with Gasteiger partial charge in [0.2, 0.25) is 5.91 Å². The summed E-state index contributed by atoms with van der Waals surface area (Å²) >= 11 is 0. The largest absolute Gasteiger partial charge is 0.467 e. The molecule has 0 aromatic heterocycles. The Hall–Kier alpha value is -1.88. The first-order chi connectivity index (χ1) is 9.52. The molecular formula is C15H21NO4. The first-order valence-corrected chi connectivity index (χ1v) is 6.55. The average molecular weight is 279 g/mol. The summed E-state index contributed by atoms with van der Waals surface area (Å²) in [5.74, 6) is -0.795. The summed E-state index contributed by atoms with van der Waals surface area (Å²) in [5.41, 5.74) is 0.952. The highest BCUT2D eigenvalue weighted by Crippen LogP contribution is 2.04. The molecule has 0 aliphatic heterocycles. The normalized spacial score (nSPS) is 12.0. The van der Waals surface area contributed by atoms with E-state index in [0.717, 1.165) is 5.56 Å². The van der Waals surface area contributed by atoms with E-state index in [2.05, 4.69) is 5.32 Å². The smallest absolute Gasteiger partial charge is 0.328 e. The minimum atomic E-state index is -0.703. The molecule has 0 saturated carbocycles. The third kappa shape index (κ3) is 5.84. The van der Waals surface area contributed by atoms with Crippen LogP contribution in [0, 0.1) is 0 Å². The van der Waals surface area contributed by atoms with Gasteiger partial charge in [0, 0.05) is 6.42 Å².